The van der Waals surface area contributed by atoms with E-state index in [2.05, 4.69) is 15.0 Å². The molecule has 1 fully saturated rings. The van der Waals surface area contributed by atoms with Crippen LogP contribution in [0.15, 0.2) is 41.4 Å². The molecule has 1 aliphatic rings. The fraction of sp³-hybridized carbons (Fsp3) is 0.391. The van der Waals surface area contributed by atoms with E-state index in [9.17, 15) is 8.42 Å². The van der Waals surface area contributed by atoms with Crippen molar-refractivity contribution >= 4 is 32.2 Å². The average Bonchev–Trinajstić information content (AvgIpc) is 3.10. The standard InChI is InChI=1S/C23H28N4O2S2/c1-15-11-12-18(14-21(15)31(28,29)27-20-10-7-13-24-16(20)2)22-17(3)25-23(30-22)26-19-8-5-4-6-9-19/h7,10-14,19,27H,4-6,8-9H2,1-3H3,(H,25,26). The number of rotatable bonds is 6. The van der Waals surface area contributed by atoms with Gasteiger partial charge in [-0.2, -0.15) is 0 Å². The highest BCUT2D eigenvalue weighted by Crippen LogP contribution is 2.36. The molecular formula is C23H28N4O2S2. The van der Waals surface area contributed by atoms with Gasteiger partial charge in [0.1, 0.15) is 0 Å². The van der Waals surface area contributed by atoms with Crippen LogP contribution in [0.2, 0.25) is 0 Å². The Labute approximate surface area is 188 Å². The van der Waals surface area contributed by atoms with Crippen LogP contribution in [0.3, 0.4) is 0 Å². The average molecular weight is 457 g/mol. The van der Waals surface area contributed by atoms with Gasteiger partial charge in [-0.15, -0.1) is 0 Å². The summed E-state index contributed by atoms with van der Waals surface area (Å²) >= 11 is 1.59. The number of hydrogen-bond donors (Lipinski definition) is 2. The van der Waals surface area contributed by atoms with Gasteiger partial charge in [0.15, 0.2) is 5.13 Å². The molecule has 2 aromatic heterocycles. The molecule has 4 rings (SSSR count). The zero-order chi connectivity index (χ0) is 22.0. The highest BCUT2D eigenvalue weighted by atomic mass is 32.2. The van der Waals surface area contributed by atoms with Crippen molar-refractivity contribution in [2.75, 3.05) is 10.0 Å². The predicted molar refractivity (Wildman–Crippen MR) is 127 cm³/mol. The molecule has 2 N–H and O–H groups in total. The molecule has 1 aliphatic carbocycles. The van der Waals surface area contributed by atoms with Crippen LogP contribution in [0.4, 0.5) is 10.8 Å². The molecule has 0 unspecified atom stereocenters. The minimum atomic E-state index is -3.75. The number of anilines is 2. The van der Waals surface area contributed by atoms with Gasteiger partial charge in [-0.05, 0) is 62.9 Å². The van der Waals surface area contributed by atoms with E-state index in [1.54, 1.807) is 42.7 Å². The second-order valence-electron chi connectivity index (χ2n) is 8.13. The van der Waals surface area contributed by atoms with E-state index in [1.165, 1.54) is 32.1 Å². The summed E-state index contributed by atoms with van der Waals surface area (Å²) in [5.41, 5.74) is 3.59. The summed E-state index contributed by atoms with van der Waals surface area (Å²) in [5, 5.41) is 4.49. The van der Waals surface area contributed by atoms with E-state index in [-0.39, 0.29) is 4.90 Å². The third kappa shape index (κ3) is 4.91. The van der Waals surface area contributed by atoms with Crippen LogP contribution in [0.25, 0.3) is 10.4 Å². The first-order valence-corrected chi connectivity index (χ1v) is 12.9. The number of sulfonamides is 1. The van der Waals surface area contributed by atoms with Crippen molar-refractivity contribution in [2.24, 2.45) is 0 Å². The third-order valence-corrected chi connectivity index (χ3v) is 8.37. The number of thiazole rings is 1. The molecule has 164 valence electrons. The Morgan fingerprint density at radius 2 is 1.81 bits per heavy atom. The van der Waals surface area contributed by atoms with Gasteiger partial charge in [-0.25, -0.2) is 13.4 Å². The highest BCUT2D eigenvalue weighted by molar-refractivity contribution is 7.92. The molecule has 6 nitrogen and oxygen atoms in total. The van der Waals surface area contributed by atoms with Crippen LogP contribution in [0.1, 0.15) is 49.1 Å². The molecule has 31 heavy (non-hydrogen) atoms. The Morgan fingerprint density at radius 3 is 2.55 bits per heavy atom. The molecule has 2 heterocycles. The lowest BCUT2D eigenvalue weighted by atomic mass is 9.96. The van der Waals surface area contributed by atoms with Crippen molar-refractivity contribution in [1.29, 1.82) is 0 Å². The van der Waals surface area contributed by atoms with Gasteiger partial charge in [0, 0.05) is 12.2 Å². The second kappa shape index (κ2) is 8.96. The van der Waals surface area contributed by atoms with Crippen LogP contribution in [-0.2, 0) is 10.0 Å². The summed E-state index contributed by atoms with van der Waals surface area (Å²) in [6.45, 7) is 5.57. The molecular weight excluding hydrogens is 428 g/mol. The molecule has 1 aromatic carbocycles. The summed E-state index contributed by atoms with van der Waals surface area (Å²) in [7, 11) is -3.75. The zero-order valence-corrected chi connectivity index (χ0v) is 19.7. The largest absolute Gasteiger partial charge is 0.359 e. The van der Waals surface area contributed by atoms with Crippen LogP contribution in [-0.4, -0.2) is 24.4 Å². The molecule has 0 bridgehead atoms. The van der Waals surface area contributed by atoms with Crippen molar-refractivity contribution < 1.29 is 8.42 Å². The van der Waals surface area contributed by atoms with Crippen LogP contribution in [0.5, 0.6) is 0 Å². The number of pyridine rings is 1. The number of aryl methyl sites for hydroxylation is 3. The SMILES string of the molecule is Cc1ccc(-c2sc(NC3CCCCC3)nc2C)cc1S(=O)(=O)Nc1cccnc1C. The quantitative estimate of drug-likeness (QED) is 0.499. The number of benzene rings is 1. The van der Waals surface area contributed by atoms with Crippen LogP contribution in [0, 0.1) is 20.8 Å². The Balaban J connectivity index is 1.63. The van der Waals surface area contributed by atoms with Crippen molar-refractivity contribution in [3.8, 4) is 10.4 Å². The molecule has 0 aliphatic heterocycles. The normalized spacial score (nSPS) is 15.1. The van der Waals surface area contributed by atoms with E-state index in [0.29, 0.717) is 23.0 Å². The number of nitrogens with zero attached hydrogens (tertiary/aromatic N) is 2. The summed E-state index contributed by atoms with van der Waals surface area (Å²) in [5.74, 6) is 0. The lowest BCUT2D eigenvalue weighted by Gasteiger charge is -2.22. The molecule has 0 amide bonds. The van der Waals surface area contributed by atoms with Crippen molar-refractivity contribution in [2.45, 2.75) is 63.8 Å². The van der Waals surface area contributed by atoms with Crippen LogP contribution < -0.4 is 10.0 Å². The molecule has 0 radical (unpaired) electrons. The maximum Gasteiger partial charge on any atom is 0.262 e. The van der Waals surface area contributed by atoms with Gasteiger partial charge < -0.3 is 5.32 Å². The fourth-order valence-electron chi connectivity index (χ4n) is 3.97. The van der Waals surface area contributed by atoms with Gasteiger partial charge in [0.2, 0.25) is 0 Å². The van der Waals surface area contributed by atoms with E-state index in [0.717, 1.165) is 21.3 Å². The van der Waals surface area contributed by atoms with Gasteiger partial charge in [-0.3, -0.25) is 9.71 Å². The Morgan fingerprint density at radius 1 is 1.03 bits per heavy atom. The van der Waals surface area contributed by atoms with Gasteiger partial charge >= 0.3 is 0 Å². The lowest BCUT2D eigenvalue weighted by molar-refractivity contribution is 0.462. The Bertz CT molecular complexity index is 1180. The molecule has 0 spiro atoms. The first kappa shape index (κ1) is 21.8. The maximum atomic E-state index is 13.1. The smallest absolute Gasteiger partial charge is 0.262 e. The van der Waals surface area contributed by atoms with Gasteiger partial charge in [0.05, 0.1) is 26.8 Å². The second-order valence-corrected chi connectivity index (χ2v) is 10.8. The van der Waals surface area contributed by atoms with E-state index in [1.807, 2.05) is 26.0 Å². The first-order chi connectivity index (χ1) is 14.8. The lowest BCUT2D eigenvalue weighted by Crippen LogP contribution is -2.21. The minimum absolute atomic E-state index is 0.267. The van der Waals surface area contributed by atoms with Crippen LogP contribution >= 0.6 is 11.3 Å². The molecule has 8 heteroatoms. The monoisotopic (exact) mass is 456 g/mol. The molecule has 1 saturated carbocycles. The number of nitrogens with one attached hydrogen (secondary N) is 2. The third-order valence-electron chi connectivity index (χ3n) is 5.72. The van der Waals surface area contributed by atoms with Gasteiger partial charge in [0.25, 0.3) is 10.0 Å². The topological polar surface area (TPSA) is 84.0 Å². The summed E-state index contributed by atoms with van der Waals surface area (Å²) < 4.78 is 29.0. The van der Waals surface area contributed by atoms with Crippen molar-refractivity contribution in [3.63, 3.8) is 0 Å². The maximum absolute atomic E-state index is 13.1. The van der Waals surface area contributed by atoms with Gasteiger partial charge in [-0.1, -0.05) is 42.7 Å². The number of aromatic nitrogens is 2. The van der Waals surface area contributed by atoms with E-state index < -0.39 is 10.0 Å². The highest BCUT2D eigenvalue weighted by Gasteiger charge is 2.21. The first-order valence-electron chi connectivity index (χ1n) is 10.6. The van der Waals surface area contributed by atoms with Crippen molar-refractivity contribution in [3.05, 3.63) is 53.5 Å². The summed E-state index contributed by atoms with van der Waals surface area (Å²) in [6.07, 6.45) is 7.84. The van der Waals surface area contributed by atoms with Crippen molar-refractivity contribution in [1.82, 2.24) is 9.97 Å². The summed E-state index contributed by atoms with van der Waals surface area (Å²) in [6, 6.07) is 9.48. The molecule has 3 aromatic rings. The zero-order valence-electron chi connectivity index (χ0n) is 18.1. The fourth-order valence-corrected chi connectivity index (χ4v) is 6.40. The minimum Gasteiger partial charge on any atom is -0.359 e. The molecule has 0 saturated heterocycles. The Hall–Kier alpha value is -2.45. The van der Waals surface area contributed by atoms with E-state index >= 15 is 0 Å². The number of hydrogen-bond acceptors (Lipinski definition) is 6. The predicted octanol–water partition coefficient (Wildman–Crippen LogP) is 5.68. The van der Waals surface area contributed by atoms with E-state index in [4.69, 9.17) is 4.98 Å². The Kier molecular flexibility index (Phi) is 6.29. The summed E-state index contributed by atoms with van der Waals surface area (Å²) in [4.78, 5) is 10.1. The molecule has 0 atom stereocenters.